The summed E-state index contributed by atoms with van der Waals surface area (Å²) in [5.41, 5.74) is 8.43. The average Bonchev–Trinajstić information content (AvgIpc) is 3.72. The second-order valence-electron chi connectivity index (χ2n) is 12.2. The van der Waals surface area contributed by atoms with Gasteiger partial charge in [-0.1, -0.05) is 0 Å². The average molecular weight is 579 g/mol. The van der Waals surface area contributed by atoms with Gasteiger partial charge in [-0.25, -0.2) is 4.39 Å². The molecule has 3 atom stereocenters. The highest BCUT2D eigenvalue weighted by Crippen LogP contribution is 2.52. The number of thiophene rings is 1. The van der Waals surface area contributed by atoms with Gasteiger partial charge in [-0.3, -0.25) is 9.58 Å². The van der Waals surface area contributed by atoms with E-state index in [1.165, 1.54) is 4.88 Å². The van der Waals surface area contributed by atoms with E-state index >= 15 is 0 Å². The number of hydrogen-bond acceptors (Lipinski definition) is 11. The number of nitriles is 1. The van der Waals surface area contributed by atoms with Crippen molar-refractivity contribution in [3.8, 4) is 12.1 Å². The minimum absolute atomic E-state index is 0.0857. The quantitative estimate of drug-likeness (QED) is 0.447. The molecule has 2 unspecified atom stereocenters. The van der Waals surface area contributed by atoms with E-state index in [0.717, 1.165) is 43.5 Å². The fourth-order valence-corrected chi connectivity index (χ4v) is 8.48. The lowest BCUT2D eigenvalue weighted by Crippen LogP contribution is -2.59. The molecule has 6 heterocycles. The molecule has 11 nitrogen and oxygen atoms in total. The van der Waals surface area contributed by atoms with Crippen LogP contribution in [0.5, 0.6) is 6.01 Å². The first-order valence-corrected chi connectivity index (χ1v) is 15.1. The van der Waals surface area contributed by atoms with Crippen molar-refractivity contribution in [1.29, 1.82) is 5.26 Å². The van der Waals surface area contributed by atoms with Gasteiger partial charge in [0.25, 0.3) is 0 Å². The molecule has 3 aliphatic heterocycles. The summed E-state index contributed by atoms with van der Waals surface area (Å²) in [5.74, 6) is 1.03. The zero-order chi connectivity index (χ0) is 28.5. The third-order valence-electron chi connectivity index (χ3n) is 9.63. The zero-order valence-electron chi connectivity index (χ0n) is 23.7. The summed E-state index contributed by atoms with van der Waals surface area (Å²) < 4.78 is 22.5. The molecule has 13 heteroatoms. The van der Waals surface area contributed by atoms with E-state index in [0.29, 0.717) is 55.1 Å². The van der Waals surface area contributed by atoms with Crippen LogP contribution >= 0.6 is 11.3 Å². The Labute approximate surface area is 242 Å². The zero-order valence-corrected chi connectivity index (χ0v) is 24.5. The van der Waals surface area contributed by atoms with Crippen molar-refractivity contribution in [3.05, 3.63) is 34.0 Å². The Bertz CT molecular complexity index is 1530. The van der Waals surface area contributed by atoms with Crippen LogP contribution in [0.15, 0.2) is 12.3 Å². The van der Waals surface area contributed by atoms with Crippen molar-refractivity contribution in [2.24, 2.45) is 7.05 Å². The minimum Gasteiger partial charge on any atom is -0.461 e. The molecule has 0 amide bonds. The third kappa shape index (κ3) is 4.22. The summed E-state index contributed by atoms with van der Waals surface area (Å²) in [6, 6.07) is 4.49. The minimum atomic E-state index is -0.827. The number of ether oxygens (including phenoxy) is 1. The lowest BCUT2D eigenvalue weighted by Gasteiger charge is -2.48. The number of nitrogens with two attached hydrogens (primary N) is 1. The van der Waals surface area contributed by atoms with E-state index < -0.39 is 6.17 Å². The van der Waals surface area contributed by atoms with Gasteiger partial charge in [0, 0.05) is 56.6 Å². The van der Waals surface area contributed by atoms with Gasteiger partial charge >= 0.3 is 6.01 Å². The van der Waals surface area contributed by atoms with Crippen molar-refractivity contribution in [2.75, 3.05) is 55.4 Å². The van der Waals surface area contributed by atoms with Crippen LogP contribution in [-0.2, 0) is 18.9 Å². The normalized spacial score (nSPS) is 25.1. The number of aryl methyl sites for hydroxylation is 2. The molecule has 1 spiro atoms. The van der Waals surface area contributed by atoms with Crippen LogP contribution in [0.1, 0.15) is 60.3 Å². The van der Waals surface area contributed by atoms with Gasteiger partial charge < -0.3 is 20.3 Å². The molecule has 1 aliphatic carbocycles. The van der Waals surface area contributed by atoms with E-state index in [4.69, 9.17) is 25.4 Å². The van der Waals surface area contributed by atoms with Crippen molar-refractivity contribution in [1.82, 2.24) is 29.6 Å². The van der Waals surface area contributed by atoms with Crippen molar-refractivity contribution in [2.45, 2.75) is 62.2 Å². The molecule has 4 aliphatic rings. The lowest BCUT2D eigenvalue weighted by molar-refractivity contribution is 0.107. The van der Waals surface area contributed by atoms with Gasteiger partial charge in [-0.15, -0.1) is 11.3 Å². The number of rotatable bonds is 7. The summed E-state index contributed by atoms with van der Waals surface area (Å²) >= 11 is 1.54. The number of anilines is 3. The van der Waals surface area contributed by atoms with Crippen LogP contribution < -0.4 is 20.3 Å². The molecule has 0 radical (unpaired) electrons. The number of halogens is 1. The maximum Gasteiger partial charge on any atom is 0.323 e. The van der Waals surface area contributed by atoms with Crippen LogP contribution in [0.2, 0.25) is 0 Å². The van der Waals surface area contributed by atoms with Gasteiger partial charge in [0.1, 0.15) is 23.8 Å². The van der Waals surface area contributed by atoms with Gasteiger partial charge in [-0.2, -0.15) is 25.3 Å². The molecular weight excluding hydrogens is 543 g/mol. The Kier molecular flexibility index (Phi) is 6.13. The Morgan fingerprint density at radius 2 is 2.15 bits per heavy atom. The molecule has 7 rings (SSSR count). The van der Waals surface area contributed by atoms with E-state index in [1.807, 2.05) is 31.3 Å². The molecule has 3 saturated heterocycles. The maximum absolute atomic E-state index is 14.4. The molecule has 3 aromatic heterocycles. The van der Waals surface area contributed by atoms with Crippen LogP contribution in [0, 0.1) is 11.3 Å². The standard InChI is InChI=1S/C28H35FN10OS/c1-17(20-6-10-36(2)35-20)37(3)24-32-25(34-26(33-24)40-16-28-7-4-9-39(28)13-18(29)11-28)38-14-27(15-38)8-5-21-22(27)19(12-30)23(31)41-21/h6,10,17-18H,4-5,7-9,11,13-16,31H2,1-3H3/t17?,18?,28-/m0/s1. The number of alkyl halides is 1. The molecule has 0 aromatic carbocycles. The first-order chi connectivity index (χ1) is 19.7. The summed E-state index contributed by atoms with van der Waals surface area (Å²) in [6.07, 6.45) is 5.46. The Hall–Kier alpha value is -3.50. The van der Waals surface area contributed by atoms with Crippen molar-refractivity contribution in [3.63, 3.8) is 0 Å². The number of nitrogen functional groups attached to an aromatic ring is 1. The SMILES string of the molecule is CC(c1ccn(C)n1)N(C)c1nc(OC[C@@]23CCCN2CC(F)C3)nc(N2CC3(CCc4sc(N)c(C#N)c43)C2)n1. The van der Waals surface area contributed by atoms with E-state index in [9.17, 15) is 9.65 Å². The Morgan fingerprint density at radius 1 is 1.32 bits per heavy atom. The molecule has 216 valence electrons. The summed E-state index contributed by atoms with van der Waals surface area (Å²) in [5, 5.41) is 15.0. The number of fused-ring (bicyclic) bond motifs is 3. The van der Waals surface area contributed by atoms with Gasteiger partial charge in [0.15, 0.2) is 0 Å². The van der Waals surface area contributed by atoms with Crippen molar-refractivity contribution >= 4 is 28.2 Å². The highest BCUT2D eigenvalue weighted by Gasteiger charge is 2.52. The van der Waals surface area contributed by atoms with Crippen LogP contribution in [0.25, 0.3) is 0 Å². The lowest BCUT2D eigenvalue weighted by atomic mass is 9.74. The van der Waals surface area contributed by atoms with Crippen LogP contribution in [0.4, 0.5) is 21.3 Å². The van der Waals surface area contributed by atoms with Crippen molar-refractivity contribution < 1.29 is 9.13 Å². The first-order valence-electron chi connectivity index (χ1n) is 14.3. The summed E-state index contributed by atoms with van der Waals surface area (Å²) in [4.78, 5) is 21.9. The van der Waals surface area contributed by atoms with Crippen LogP contribution in [0.3, 0.4) is 0 Å². The summed E-state index contributed by atoms with van der Waals surface area (Å²) in [7, 11) is 3.84. The molecule has 3 aromatic rings. The van der Waals surface area contributed by atoms with Gasteiger partial charge in [0.2, 0.25) is 11.9 Å². The van der Waals surface area contributed by atoms with Crippen LogP contribution in [-0.4, -0.2) is 81.2 Å². The highest BCUT2D eigenvalue weighted by atomic mass is 32.1. The largest absolute Gasteiger partial charge is 0.461 e. The number of hydrogen-bond donors (Lipinski definition) is 1. The predicted octanol–water partition coefficient (Wildman–Crippen LogP) is 2.98. The van der Waals surface area contributed by atoms with Gasteiger partial charge in [-0.05, 0) is 50.8 Å². The monoisotopic (exact) mass is 578 g/mol. The Morgan fingerprint density at radius 3 is 2.90 bits per heavy atom. The second-order valence-corrected chi connectivity index (χ2v) is 13.3. The number of nitrogens with zero attached hydrogens (tertiary/aromatic N) is 9. The van der Waals surface area contributed by atoms with E-state index in [1.54, 1.807) is 16.0 Å². The predicted molar refractivity (Wildman–Crippen MR) is 154 cm³/mol. The molecule has 3 fully saturated rings. The fourth-order valence-electron chi connectivity index (χ4n) is 7.34. The molecule has 2 N–H and O–H groups in total. The van der Waals surface area contributed by atoms with E-state index in [2.05, 4.69) is 27.9 Å². The third-order valence-corrected chi connectivity index (χ3v) is 10.7. The molecule has 41 heavy (non-hydrogen) atoms. The molecular formula is C28H35FN10OS. The Balaban J connectivity index is 1.18. The molecule has 0 bridgehead atoms. The number of aromatic nitrogens is 5. The fraction of sp³-hybridized carbons (Fsp3) is 0.607. The first kappa shape index (κ1) is 26.4. The summed E-state index contributed by atoms with van der Waals surface area (Å²) in [6.45, 7) is 5.19. The van der Waals surface area contributed by atoms with E-state index in [-0.39, 0.29) is 23.0 Å². The maximum atomic E-state index is 14.4. The highest BCUT2D eigenvalue weighted by molar-refractivity contribution is 7.16. The topological polar surface area (TPSA) is 125 Å². The van der Waals surface area contributed by atoms with Gasteiger partial charge in [0.05, 0.1) is 22.8 Å². The smallest absolute Gasteiger partial charge is 0.323 e. The second kappa shape index (κ2) is 9.52. The molecule has 0 saturated carbocycles.